The largest absolute Gasteiger partial charge is 0.468 e. The fourth-order valence-electron chi connectivity index (χ4n) is 3.04. The molecule has 1 aliphatic carbocycles. The lowest BCUT2D eigenvalue weighted by Crippen LogP contribution is -2.17. The van der Waals surface area contributed by atoms with Gasteiger partial charge in [0.1, 0.15) is 5.78 Å². The fourth-order valence-corrected chi connectivity index (χ4v) is 5.34. The predicted octanol–water partition coefficient (Wildman–Crippen LogP) is 3.52. The van der Waals surface area contributed by atoms with E-state index in [0.29, 0.717) is 24.4 Å². The number of hydrogen-bond acceptors (Lipinski definition) is 6. The van der Waals surface area contributed by atoms with Crippen LogP contribution in [0.3, 0.4) is 0 Å². The Hall–Kier alpha value is -1.24. The Morgan fingerprint density at radius 2 is 2.11 bits per heavy atom. The second-order valence-corrected chi connectivity index (χ2v) is 8.94. The van der Waals surface area contributed by atoms with E-state index in [1.54, 1.807) is 23.5 Å². The first-order chi connectivity index (χ1) is 13.1. The Kier molecular flexibility index (Phi) is 10.0. The lowest BCUT2D eigenvalue weighted by Gasteiger charge is -2.15. The SMILES string of the molecule is COC(=O)CSCCCS[C@H]1C(=O)CC[C@H]1C=C[C@@H](O)Cc1ccccc1. The second kappa shape index (κ2) is 12.3. The maximum atomic E-state index is 12.2. The number of allylic oxidation sites excluding steroid dienone is 1. The third kappa shape index (κ3) is 8.11. The Morgan fingerprint density at radius 1 is 1.33 bits per heavy atom. The van der Waals surface area contributed by atoms with Crippen molar-refractivity contribution in [2.24, 2.45) is 5.92 Å². The molecule has 27 heavy (non-hydrogen) atoms. The van der Waals surface area contributed by atoms with Crippen molar-refractivity contribution in [3.8, 4) is 0 Å². The molecule has 0 saturated heterocycles. The van der Waals surface area contributed by atoms with Gasteiger partial charge in [0, 0.05) is 12.8 Å². The van der Waals surface area contributed by atoms with Gasteiger partial charge in [0.15, 0.2) is 0 Å². The van der Waals surface area contributed by atoms with E-state index in [-0.39, 0.29) is 17.1 Å². The molecule has 6 heteroatoms. The van der Waals surface area contributed by atoms with Gasteiger partial charge in [-0.1, -0.05) is 42.5 Å². The number of aliphatic hydroxyl groups is 1. The summed E-state index contributed by atoms with van der Waals surface area (Å²) in [6, 6.07) is 9.92. The summed E-state index contributed by atoms with van der Waals surface area (Å²) >= 11 is 3.27. The van der Waals surface area contributed by atoms with Crippen LogP contribution in [0, 0.1) is 5.92 Å². The van der Waals surface area contributed by atoms with Gasteiger partial charge in [0.25, 0.3) is 0 Å². The minimum atomic E-state index is -0.525. The number of carbonyl (C=O) groups is 2. The zero-order chi connectivity index (χ0) is 19.5. The highest BCUT2D eigenvalue weighted by Crippen LogP contribution is 2.34. The molecule has 2 rings (SSSR count). The number of aliphatic hydroxyl groups excluding tert-OH is 1. The molecule has 0 amide bonds. The number of rotatable bonds is 11. The lowest BCUT2D eigenvalue weighted by atomic mass is 10.0. The average Bonchev–Trinajstić information content (AvgIpc) is 3.03. The van der Waals surface area contributed by atoms with Crippen LogP contribution < -0.4 is 0 Å². The van der Waals surface area contributed by atoms with E-state index in [2.05, 4.69) is 4.74 Å². The van der Waals surface area contributed by atoms with Crippen molar-refractivity contribution in [1.82, 2.24) is 0 Å². The topological polar surface area (TPSA) is 63.6 Å². The van der Waals surface area contributed by atoms with Crippen LogP contribution >= 0.6 is 23.5 Å². The Bertz CT molecular complexity index is 618. The molecule has 0 unspecified atom stereocenters. The van der Waals surface area contributed by atoms with Crippen LogP contribution in [0.5, 0.6) is 0 Å². The number of esters is 1. The third-order valence-electron chi connectivity index (χ3n) is 4.48. The fraction of sp³-hybridized carbons (Fsp3) is 0.524. The minimum Gasteiger partial charge on any atom is -0.468 e. The van der Waals surface area contributed by atoms with E-state index in [1.807, 2.05) is 42.5 Å². The summed E-state index contributed by atoms with van der Waals surface area (Å²) in [5.74, 6) is 2.50. The van der Waals surface area contributed by atoms with Gasteiger partial charge >= 0.3 is 5.97 Å². The molecule has 0 bridgehead atoms. The molecular formula is C21H28O4S2. The van der Waals surface area contributed by atoms with Gasteiger partial charge in [0.05, 0.1) is 24.2 Å². The summed E-state index contributed by atoms with van der Waals surface area (Å²) in [7, 11) is 1.40. The molecule has 1 fully saturated rings. The van der Waals surface area contributed by atoms with Crippen molar-refractivity contribution in [2.75, 3.05) is 24.4 Å². The van der Waals surface area contributed by atoms with Gasteiger partial charge in [0.2, 0.25) is 0 Å². The number of thioether (sulfide) groups is 2. The highest BCUT2D eigenvalue weighted by molar-refractivity contribution is 8.01. The molecule has 0 aliphatic heterocycles. The zero-order valence-corrected chi connectivity index (χ0v) is 17.3. The van der Waals surface area contributed by atoms with Crippen LogP contribution in [0.4, 0.5) is 0 Å². The number of hydrogen-bond donors (Lipinski definition) is 1. The molecule has 1 N–H and O–H groups in total. The van der Waals surface area contributed by atoms with Crippen molar-refractivity contribution in [3.63, 3.8) is 0 Å². The molecule has 0 heterocycles. The van der Waals surface area contributed by atoms with Crippen LogP contribution in [0.2, 0.25) is 0 Å². The summed E-state index contributed by atoms with van der Waals surface area (Å²) in [4.78, 5) is 23.2. The standard InChI is InChI=1S/C21H28O4S2/c1-25-20(24)15-26-12-5-13-27-21-17(9-11-19(21)23)8-10-18(22)14-16-6-3-2-4-7-16/h2-4,6-8,10,17-18,21-22H,5,9,11-15H2,1H3/t17-,18-,21-/m1/s1. The molecule has 4 nitrogen and oxygen atoms in total. The molecule has 1 aromatic rings. The van der Waals surface area contributed by atoms with Crippen molar-refractivity contribution >= 4 is 35.3 Å². The molecule has 0 radical (unpaired) electrons. The highest BCUT2D eigenvalue weighted by atomic mass is 32.2. The maximum Gasteiger partial charge on any atom is 0.315 e. The van der Waals surface area contributed by atoms with Gasteiger partial charge in [-0.25, -0.2) is 0 Å². The number of carbonyl (C=O) groups excluding carboxylic acids is 2. The van der Waals surface area contributed by atoms with Crippen molar-refractivity contribution < 1.29 is 19.4 Å². The molecule has 0 aromatic heterocycles. The lowest BCUT2D eigenvalue weighted by molar-refractivity contribution is -0.137. The van der Waals surface area contributed by atoms with E-state index in [4.69, 9.17) is 0 Å². The summed E-state index contributed by atoms with van der Waals surface area (Å²) in [6.07, 6.45) is 6.39. The van der Waals surface area contributed by atoms with Crippen LogP contribution in [-0.4, -0.2) is 52.6 Å². The molecule has 148 valence electrons. The monoisotopic (exact) mass is 408 g/mol. The molecule has 1 saturated carbocycles. The Balaban J connectivity index is 1.72. The normalized spacial score (nSPS) is 20.9. The highest BCUT2D eigenvalue weighted by Gasteiger charge is 2.33. The number of benzene rings is 1. The molecule has 0 spiro atoms. The summed E-state index contributed by atoms with van der Waals surface area (Å²) in [6.45, 7) is 0. The molecule has 1 aliphatic rings. The first-order valence-electron chi connectivity index (χ1n) is 9.29. The summed E-state index contributed by atoms with van der Waals surface area (Å²) in [5, 5.41) is 10.2. The third-order valence-corrected chi connectivity index (χ3v) is 6.99. The molecule has 3 atom stereocenters. The van der Waals surface area contributed by atoms with E-state index in [1.165, 1.54) is 7.11 Å². The number of ketones is 1. The van der Waals surface area contributed by atoms with E-state index < -0.39 is 6.10 Å². The van der Waals surface area contributed by atoms with Gasteiger partial charge < -0.3 is 9.84 Å². The van der Waals surface area contributed by atoms with Gasteiger partial charge in [-0.3, -0.25) is 9.59 Å². The van der Waals surface area contributed by atoms with E-state index in [0.717, 1.165) is 29.9 Å². The predicted molar refractivity (Wildman–Crippen MR) is 113 cm³/mol. The van der Waals surface area contributed by atoms with Gasteiger partial charge in [-0.05, 0) is 35.8 Å². The van der Waals surface area contributed by atoms with E-state index >= 15 is 0 Å². The Labute approximate surface area is 170 Å². The first-order valence-corrected chi connectivity index (χ1v) is 11.5. The smallest absolute Gasteiger partial charge is 0.315 e. The Morgan fingerprint density at radius 3 is 2.85 bits per heavy atom. The van der Waals surface area contributed by atoms with Crippen LogP contribution in [0.15, 0.2) is 42.5 Å². The summed E-state index contributed by atoms with van der Waals surface area (Å²) < 4.78 is 4.61. The number of Topliss-reactive ketones (excluding diaryl/α,β-unsaturated/α-hetero) is 1. The number of methoxy groups -OCH3 is 1. The van der Waals surface area contributed by atoms with Gasteiger partial charge in [-0.15, -0.1) is 11.8 Å². The second-order valence-electron chi connectivity index (χ2n) is 6.58. The van der Waals surface area contributed by atoms with Crippen LogP contribution in [0.25, 0.3) is 0 Å². The van der Waals surface area contributed by atoms with Crippen LogP contribution in [0.1, 0.15) is 24.8 Å². The molecule has 1 aromatic carbocycles. The van der Waals surface area contributed by atoms with Crippen molar-refractivity contribution in [2.45, 2.75) is 37.0 Å². The first kappa shape index (κ1) is 22.1. The van der Waals surface area contributed by atoms with E-state index in [9.17, 15) is 14.7 Å². The van der Waals surface area contributed by atoms with Crippen LogP contribution in [-0.2, 0) is 20.7 Å². The minimum absolute atomic E-state index is 0.00391. The number of ether oxygens (including phenoxy) is 1. The van der Waals surface area contributed by atoms with Crippen molar-refractivity contribution in [1.29, 1.82) is 0 Å². The maximum absolute atomic E-state index is 12.2. The van der Waals surface area contributed by atoms with Gasteiger partial charge in [-0.2, -0.15) is 11.8 Å². The average molecular weight is 409 g/mol. The van der Waals surface area contributed by atoms with Crippen molar-refractivity contribution in [3.05, 3.63) is 48.0 Å². The summed E-state index contributed by atoms with van der Waals surface area (Å²) in [5.41, 5.74) is 1.10. The zero-order valence-electron chi connectivity index (χ0n) is 15.7. The quantitative estimate of drug-likeness (QED) is 0.343. The molecular weight excluding hydrogens is 380 g/mol.